The highest BCUT2D eigenvalue weighted by Gasteiger charge is 2.52. The van der Waals surface area contributed by atoms with Crippen LogP contribution in [0.3, 0.4) is 0 Å². The van der Waals surface area contributed by atoms with Gasteiger partial charge in [-0.25, -0.2) is 4.39 Å². The third-order valence-corrected chi connectivity index (χ3v) is 5.79. The van der Waals surface area contributed by atoms with Gasteiger partial charge in [-0.3, -0.25) is 0 Å². The molecule has 1 heterocycles. The summed E-state index contributed by atoms with van der Waals surface area (Å²) in [4.78, 5) is 1.49. The second-order valence-electron chi connectivity index (χ2n) is 8.84. The van der Waals surface area contributed by atoms with Crippen LogP contribution in [-0.4, -0.2) is 36.9 Å². The van der Waals surface area contributed by atoms with Crippen molar-refractivity contribution >= 4 is 11.6 Å². The van der Waals surface area contributed by atoms with E-state index in [0.29, 0.717) is 29.2 Å². The van der Waals surface area contributed by atoms with E-state index in [9.17, 15) is 9.50 Å². The summed E-state index contributed by atoms with van der Waals surface area (Å²) in [6.45, 7) is 9.09. The Morgan fingerprint density at radius 1 is 1.38 bits per heavy atom. The molecule has 2 fully saturated rings. The molecule has 5 heteroatoms. The molecule has 3 rings (SSSR count). The van der Waals surface area contributed by atoms with Gasteiger partial charge in [-0.1, -0.05) is 32.4 Å². The van der Waals surface area contributed by atoms with Crippen LogP contribution in [0.4, 0.5) is 4.39 Å². The van der Waals surface area contributed by atoms with Crippen molar-refractivity contribution in [2.45, 2.75) is 52.2 Å². The number of ether oxygens (including phenoxy) is 1. The van der Waals surface area contributed by atoms with Crippen LogP contribution in [0, 0.1) is 16.6 Å². The van der Waals surface area contributed by atoms with Crippen LogP contribution in [0.5, 0.6) is 5.75 Å². The van der Waals surface area contributed by atoms with E-state index < -0.39 is 11.9 Å². The van der Waals surface area contributed by atoms with E-state index in [1.54, 1.807) is 0 Å². The first kappa shape index (κ1) is 18.0. The first-order chi connectivity index (χ1) is 11.2. The summed E-state index contributed by atoms with van der Waals surface area (Å²) >= 11 is 5.95. The molecule has 24 heavy (non-hydrogen) atoms. The van der Waals surface area contributed by atoms with Crippen LogP contribution in [0.25, 0.3) is 0 Å². The second-order valence-corrected chi connectivity index (χ2v) is 9.24. The summed E-state index contributed by atoms with van der Waals surface area (Å²) in [5, 5.41) is 10.6. The lowest BCUT2D eigenvalue weighted by molar-refractivity contribution is -0.917. The molecular formula is C19H28ClFNO2+. The molecule has 134 valence electrons. The number of hydrogen-bond acceptors (Lipinski definition) is 2. The van der Waals surface area contributed by atoms with Crippen molar-refractivity contribution in [1.82, 2.24) is 0 Å². The fourth-order valence-electron chi connectivity index (χ4n) is 5.13. The van der Waals surface area contributed by atoms with Crippen LogP contribution >= 0.6 is 11.6 Å². The van der Waals surface area contributed by atoms with Gasteiger partial charge in [-0.05, 0) is 30.0 Å². The second kappa shape index (κ2) is 6.47. The Morgan fingerprint density at radius 3 is 2.83 bits per heavy atom. The molecule has 2 N–H and O–H groups in total. The summed E-state index contributed by atoms with van der Waals surface area (Å²) in [6.07, 6.45) is 3.18. The van der Waals surface area contributed by atoms with E-state index in [4.69, 9.17) is 16.3 Å². The van der Waals surface area contributed by atoms with Crippen molar-refractivity contribution in [3.05, 3.63) is 29.0 Å². The van der Waals surface area contributed by atoms with Gasteiger partial charge < -0.3 is 14.7 Å². The molecule has 0 aromatic heterocycles. The smallest absolute Gasteiger partial charge is 0.138 e. The van der Waals surface area contributed by atoms with Crippen LogP contribution in [0.1, 0.15) is 40.0 Å². The standard InChI is InChI=1S/C19H27ClFNO2/c1-18(2)7-14-8-19(3,11-18)12-22(14)9-15(23)10-24-17-5-4-13(21)6-16(17)20/h4-6,14-15,23H,7-12H2,1-3H3/p+1/t14-,15-,19-/m0/s1. The minimum absolute atomic E-state index is 0.182. The Bertz CT molecular complexity index is 609. The number of rotatable bonds is 5. The van der Waals surface area contributed by atoms with Gasteiger partial charge in [-0.2, -0.15) is 0 Å². The topological polar surface area (TPSA) is 33.9 Å². The lowest BCUT2D eigenvalue weighted by Gasteiger charge is -2.37. The Balaban J connectivity index is 1.55. The van der Waals surface area contributed by atoms with Crippen molar-refractivity contribution < 1.29 is 19.1 Å². The van der Waals surface area contributed by atoms with Gasteiger partial charge in [0.2, 0.25) is 0 Å². The number of aliphatic hydroxyl groups excluding tert-OH is 1. The summed E-state index contributed by atoms with van der Waals surface area (Å²) in [7, 11) is 0. The van der Waals surface area contributed by atoms with Gasteiger partial charge in [0.25, 0.3) is 0 Å². The van der Waals surface area contributed by atoms with Crippen LogP contribution in [0.15, 0.2) is 18.2 Å². The van der Waals surface area contributed by atoms with Gasteiger partial charge in [-0.15, -0.1) is 0 Å². The Labute approximate surface area is 148 Å². The van der Waals surface area contributed by atoms with Crippen molar-refractivity contribution in [1.29, 1.82) is 0 Å². The summed E-state index contributed by atoms with van der Waals surface area (Å²) in [5.74, 6) is 0.0259. The van der Waals surface area contributed by atoms with Crippen molar-refractivity contribution in [2.24, 2.45) is 10.8 Å². The zero-order valence-corrected chi connectivity index (χ0v) is 15.5. The maximum absolute atomic E-state index is 13.0. The van der Waals surface area contributed by atoms with E-state index in [0.717, 1.165) is 6.54 Å². The van der Waals surface area contributed by atoms with Gasteiger partial charge >= 0.3 is 0 Å². The predicted octanol–water partition coefficient (Wildman–Crippen LogP) is 2.70. The first-order valence-electron chi connectivity index (χ1n) is 8.76. The fourth-order valence-corrected chi connectivity index (χ4v) is 5.35. The third-order valence-electron chi connectivity index (χ3n) is 5.50. The highest BCUT2D eigenvalue weighted by Crippen LogP contribution is 2.47. The van der Waals surface area contributed by atoms with E-state index in [2.05, 4.69) is 20.8 Å². The van der Waals surface area contributed by atoms with E-state index in [1.807, 2.05) is 0 Å². The molecule has 0 amide bonds. The summed E-state index contributed by atoms with van der Waals surface area (Å²) in [6, 6.07) is 4.67. The average Bonchev–Trinajstić information content (AvgIpc) is 2.66. The highest BCUT2D eigenvalue weighted by atomic mass is 35.5. The zero-order valence-electron chi connectivity index (χ0n) is 14.7. The summed E-state index contributed by atoms with van der Waals surface area (Å²) < 4.78 is 18.6. The van der Waals surface area contributed by atoms with Crippen LogP contribution in [0.2, 0.25) is 5.02 Å². The molecule has 1 aliphatic carbocycles. The molecule has 4 atom stereocenters. The van der Waals surface area contributed by atoms with Crippen molar-refractivity contribution in [2.75, 3.05) is 19.7 Å². The average molecular weight is 357 g/mol. The number of fused-ring (bicyclic) bond motifs is 2. The molecule has 2 aliphatic rings. The quantitative estimate of drug-likeness (QED) is 0.850. The molecular weight excluding hydrogens is 329 g/mol. The largest absolute Gasteiger partial charge is 0.489 e. The molecule has 1 saturated carbocycles. The number of nitrogens with one attached hydrogen (secondary N) is 1. The lowest BCUT2D eigenvalue weighted by Crippen LogP contribution is -3.15. The molecule has 1 unspecified atom stereocenters. The Hall–Kier alpha value is -0.840. The highest BCUT2D eigenvalue weighted by molar-refractivity contribution is 6.32. The maximum atomic E-state index is 13.0. The molecule has 0 spiro atoms. The number of benzene rings is 1. The fraction of sp³-hybridized carbons (Fsp3) is 0.684. The summed E-state index contributed by atoms with van der Waals surface area (Å²) in [5.41, 5.74) is 0.783. The molecule has 3 nitrogen and oxygen atoms in total. The van der Waals surface area contributed by atoms with Crippen molar-refractivity contribution in [3.63, 3.8) is 0 Å². The number of hydrogen-bond donors (Lipinski definition) is 2. The zero-order chi connectivity index (χ0) is 17.5. The van der Waals surface area contributed by atoms with Gasteiger partial charge in [0, 0.05) is 18.3 Å². The normalized spacial score (nSPS) is 32.6. The number of quaternary nitrogens is 1. The first-order valence-corrected chi connectivity index (χ1v) is 9.14. The van der Waals surface area contributed by atoms with E-state index in [1.165, 1.54) is 42.4 Å². The van der Waals surface area contributed by atoms with Crippen molar-refractivity contribution in [3.8, 4) is 5.75 Å². The molecule has 1 aliphatic heterocycles. The molecule has 1 aromatic carbocycles. The van der Waals surface area contributed by atoms with Gasteiger partial charge in [0.05, 0.1) is 17.6 Å². The minimum atomic E-state index is -0.549. The Kier molecular flexibility index (Phi) is 4.84. The number of likely N-dealkylation sites (tertiary alicyclic amines) is 1. The van der Waals surface area contributed by atoms with E-state index >= 15 is 0 Å². The lowest BCUT2D eigenvalue weighted by atomic mass is 9.65. The van der Waals surface area contributed by atoms with Crippen LogP contribution < -0.4 is 9.64 Å². The SMILES string of the molecule is CC1(C)C[C@H]2C[C@](C)(C[NH+]2C[C@H](O)COc2ccc(F)cc2Cl)C1. The molecule has 1 saturated heterocycles. The van der Waals surface area contributed by atoms with Gasteiger partial charge in [0.15, 0.2) is 0 Å². The molecule has 0 radical (unpaired) electrons. The monoisotopic (exact) mass is 356 g/mol. The Morgan fingerprint density at radius 2 is 2.12 bits per heavy atom. The minimum Gasteiger partial charge on any atom is -0.489 e. The van der Waals surface area contributed by atoms with Gasteiger partial charge in [0.1, 0.15) is 30.8 Å². The third kappa shape index (κ3) is 4.04. The number of aliphatic hydroxyl groups is 1. The molecule has 2 bridgehead atoms. The predicted molar refractivity (Wildman–Crippen MR) is 93.1 cm³/mol. The van der Waals surface area contributed by atoms with E-state index in [-0.39, 0.29) is 11.6 Å². The number of halogens is 2. The molecule has 1 aromatic rings. The maximum Gasteiger partial charge on any atom is 0.138 e. The van der Waals surface area contributed by atoms with Crippen LogP contribution in [-0.2, 0) is 0 Å².